The molecule has 2 aromatic carbocycles. The lowest BCUT2D eigenvalue weighted by Crippen LogP contribution is -2.29. The van der Waals surface area contributed by atoms with Crippen LogP contribution in [-0.2, 0) is 13.0 Å². The second-order valence-corrected chi connectivity index (χ2v) is 7.16. The maximum Gasteiger partial charge on any atom is 0.349 e. The molecule has 1 N–H and O–H groups in total. The van der Waals surface area contributed by atoms with Gasteiger partial charge in [0, 0.05) is 11.6 Å². The van der Waals surface area contributed by atoms with Crippen LogP contribution in [0.25, 0.3) is 22.6 Å². The minimum Gasteiger partial charge on any atom is -0.494 e. The van der Waals surface area contributed by atoms with E-state index in [0.29, 0.717) is 35.9 Å². The number of aromatic nitrogens is 4. The first kappa shape index (κ1) is 20.0. The van der Waals surface area contributed by atoms with Crippen molar-refractivity contribution in [3.05, 3.63) is 73.6 Å². The smallest absolute Gasteiger partial charge is 0.349 e. The van der Waals surface area contributed by atoms with E-state index in [0.717, 1.165) is 17.5 Å². The predicted molar refractivity (Wildman–Crippen MR) is 112 cm³/mol. The fourth-order valence-corrected chi connectivity index (χ4v) is 3.59. The third-order valence-corrected chi connectivity index (χ3v) is 5.12. The number of aromatic amines is 1. The number of benzene rings is 2. The number of ether oxygens (including phenoxy) is 1. The van der Waals surface area contributed by atoms with Gasteiger partial charge in [-0.15, -0.1) is 0 Å². The Balaban J connectivity index is 1.72. The van der Waals surface area contributed by atoms with Crippen molar-refractivity contribution in [3.63, 3.8) is 0 Å². The van der Waals surface area contributed by atoms with E-state index in [1.807, 2.05) is 13.0 Å². The summed E-state index contributed by atoms with van der Waals surface area (Å²) in [5, 5.41) is 0.563. The quantitative estimate of drug-likeness (QED) is 0.375. The number of aryl methyl sites for hydroxylation is 2. The zero-order valence-electron chi connectivity index (χ0n) is 16.1. The van der Waals surface area contributed by atoms with Gasteiger partial charge in [0.2, 0.25) is 0 Å². The molecule has 154 valence electrons. The van der Waals surface area contributed by atoms with Crippen LogP contribution in [-0.4, -0.2) is 26.1 Å². The van der Waals surface area contributed by atoms with Crippen LogP contribution in [0.3, 0.4) is 0 Å². The molecule has 0 saturated carbocycles. The van der Waals surface area contributed by atoms with Crippen LogP contribution in [0.4, 0.5) is 4.39 Å². The average Bonchev–Trinajstić information content (AvgIpc) is 2.72. The second-order valence-electron chi connectivity index (χ2n) is 6.75. The highest BCUT2D eigenvalue weighted by molar-refractivity contribution is 6.32. The van der Waals surface area contributed by atoms with Gasteiger partial charge in [-0.25, -0.2) is 14.2 Å². The van der Waals surface area contributed by atoms with Crippen molar-refractivity contribution in [1.29, 1.82) is 0 Å². The molecule has 0 radical (unpaired) electrons. The van der Waals surface area contributed by atoms with Gasteiger partial charge in [-0.3, -0.25) is 9.78 Å². The lowest BCUT2D eigenvalue weighted by Gasteiger charge is -2.18. The van der Waals surface area contributed by atoms with E-state index >= 15 is 0 Å². The Labute approximate surface area is 175 Å². The van der Waals surface area contributed by atoms with Crippen LogP contribution in [0.1, 0.15) is 18.9 Å². The molecule has 2 aliphatic rings. The minimum atomic E-state index is -0.727. The number of nitrogens with one attached hydrogen (secondary N) is 1. The second kappa shape index (κ2) is 8.23. The van der Waals surface area contributed by atoms with E-state index in [-0.39, 0.29) is 17.3 Å². The molecule has 9 heteroatoms. The Morgan fingerprint density at radius 2 is 1.93 bits per heavy atom. The van der Waals surface area contributed by atoms with Gasteiger partial charge in [0.05, 0.1) is 17.6 Å². The number of hydrogen-bond acceptors (Lipinski definition) is 5. The maximum atomic E-state index is 13.0. The van der Waals surface area contributed by atoms with E-state index in [4.69, 9.17) is 16.3 Å². The molecule has 0 aromatic heterocycles. The normalized spacial score (nSPS) is 11.3. The Morgan fingerprint density at radius 3 is 2.67 bits per heavy atom. The first-order valence-electron chi connectivity index (χ1n) is 9.47. The molecule has 0 amide bonds. The van der Waals surface area contributed by atoms with Gasteiger partial charge in [0.25, 0.3) is 5.56 Å². The van der Waals surface area contributed by atoms with Crippen molar-refractivity contribution in [2.45, 2.75) is 26.3 Å². The molecule has 2 heterocycles. The maximum absolute atomic E-state index is 13.0. The molecular weight excluding hydrogens is 411 g/mol. The summed E-state index contributed by atoms with van der Waals surface area (Å²) in [6, 6.07) is 9.38. The first-order valence-corrected chi connectivity index (χ1v) is 9.85. The first-order chi connectivity index (χ1) is 14.5. The van der Waals surface area contributed by atoms with E-state index < -0.39 is 11.2 Å². The molecule has 7 nitrogen and oxygen atoms in total. The molecule has 0 atom stereocenters. The van der Waals surface area contributed by atoms with Crippen LogP contribution in [0.5, 0.6) is 5.75 Å². The molecule has 0 fully saturated rings. The Kier molecular flexibility index (Phi) is 5.50. The summed E-state index contributed by atoms with van der Waals surface area (Å²) in [7, 11) is 0. The van der Waals surface area contributed by atoms with Crippen LogP contribution >= 0.6 is 11.6 Å². The van der Waals surface area contributed by atoms with Gasteiger partial charge < -0.3 is 9.30 Å². The topological polar surface area (TPSA) is 89.9 Å². The summed E-state index contributed by atoms with van der Waals surface area (Å²) in [4.78, 5) is 34.6. The number of rotatable bonds is 6. The number of H-pyrrole nitrogens is 1. The molecular formula is C21H18ClFN4O3. The standard InChI is InChI=1S/C21H18ClFN4O3/c1-2-12-10-17-16(11-15(12)22)24-18-19(25-21(29)26-20(18)28)27(17)8-3-9-30-14-6-4-13(23)5-7-14/h4-7,10-11H,2-3,8-9H2,1H3,(H,26,28,29). The zero-order chi connectivity index (χ0) is 21.3. The average molecular weight is 429 g/mol. The molecule has 4 rings (SSSR count). The van der Waals surface area contributed by atoms with Crippen molar-refractivity contribution in [2.75, 3.05) is 6.61 Å². The highest BCUT2D eigenvalue weighted by atomic mass is 35.5. The van der Waals surface area contributed by atoms with Crippen LogP contribution < -0.4 is 16.0 Å². The lowest BCUT2D eigenvalue weighted by atomic mass is 10.1. The van der Waals surface area contributed by atoms with Gasteiger partial charge in [-0.1, -0.05) is 18.5 Å². The molecule has 0 aliphatic carbocycles. The molecule has 0 spiro atoms. The van der Waals surface area contributed by atoms with Gasteiger partial charge in [0.1, 0.15) is 11.6 Å². The SMILES string of the molecule is CCc1cc2c(cc1Cl)nc1c(=O)[nH]c(=O)nc-1n2CCCOc1ccc(F)cc1. The molecule has 0 bridgehead atoms. The zero-order valence-corrected chi connectivity index (χ0v) is 16.9. The number of hydrogen-bond donors (Lipinski definition) is 1. The number of nitrogens with zero attached hydrogens (tertiary/aromatic N) is 3. The van der Waals surface area contributed by atoms with Crippen molar-refractivity contribution in [3.8, 4) is 17.3 Å². The van der Waals surface area contributed by atoms with Gasteiger partial charge >= 0.3 is 5.69 Å². The van der Waals surface area contributed by atoms with Crippen LogP contribution in [0.15, 0.2) is 46.0 Å². The van der Waals surface area contributed by atoms with Gasteiger partial charge in [-0.2, -0.15) is 4.98 Å². The summed E-state index contributed by atoms with van der Waals surface area (Å²) in [5.41, 5.74) is 0.933. The van der Waals surface area contributed by atoms with E-state index in [2.05, 4.69) is 15.0 Å². The van der Waals surface area contributed by atoms with Gasteiger partial charge in [0.15, 0.2) is 11.5 Å². The summed E-state index contributed by atoms with van der Waals surface area (Å²) >= 11 is 6.33. The van der Waals surface area contributed by atoms with E-state index in [1.165, 1.54) is 12.1 Å². The fourth-order valence-electron chi connectivity index (χ4n) is 3.30. The Morgan fingerprint density at radius 1 is 1.17 bits per heavy atom. The van der Waals surface area contributed by atoms with Gasteiger partial charge in [-0.05, 0) is 54.8 Å². The van der Waals surface area contributed by atoms with Crippen molar-refractivity contribution in [2.24, 2.45) is 0 Å². The molecule has 30 heavy (non-hydrogen) atoms. The predicted octanol–water partition coefficient (Wildman–Crippen LogP) is 3.41. The largest absolute Gasteiger partial charge is 0.494 e. The third-order valence-electron chi connectivity index (χ3n) is 4.77. The number of fused-ring (bicyclic) bond motifs is 2. The minimum absolute atomic E-state index is 0.0712. The Bertz CT molecular complexity index is 1300. The summed E-state index contributed by atoms with van der Waals surface area (Å²) in [6.07, 6.45) is 1.28. The lowest BCUT2D eigenvalue weighted by molar-refractivity contribution is 0.302. The molecule has 0 saturated heterocycles. The highest BCUT2D eigenvalue weighted by Crippen LogP contribution is 2.27. The number of halogens is 2. The monoisotopic (exact) mass is 428 g/mol. The molecule has 2 aliphatic heterocycles. The summed E-state index contributed by atoms with van der Waals surface area (Å²) in [5.74, 6) is 0.437. The van der Waals surface area contributed by atoms with E-state index in [9.17, 15) is 14.0 Å². The highest BCUT2D eigenvalue weighted by Gasteiger charge is 2.19. The molecule has 2 aromatic rings. The van der Waals surface area contributed by atoms with Crippen molar-refractivity contribution < 1.29 is 9.13 Å². The van der Waals surface area contributed by atoms with E-state index in [1.54, 1.807) is 22.8 Å². The fraction of sp³-hybridized carbons (Fsp3) is 0.238. The van der Waals surface area contributed by atoms with Crippen molar-refractivity contribution >= 4 is 22.6 Å². The van der Waals surface area contributed by atoms with Crippen LogP contribution in [0.2, 0.25) is 5.02 Å². The Hall–Kier alpha value is -3.26. The van der Waals surface area contributed by atoms with Crippen LogP contribution in [0, 0.1) is 5.82 Å². The summed E-state index contributed by atoms with van der Waals surface area (Å²) in [6.45, 7) is 2.77. The molecule has 0 unspecified atom stereocenters. The van der Waals surface area contributed by atoms with Crippen molar-refractivity contribution in [1.82, 2.24) is 19.5 Å². The summed E-state index contributed by atoms with van der Waals surface area (Å²) < 4.78 is 20.5. The third kappa shape index (κ3) is 3.91.